The first-order valence-electron chi connectivity index (χ1n) is 6.53. The Morgan fingerprint density at radius 3 is 2.75 bits per heavy atom. The average molecular weight is 317 g/mol. The summed E-state index contributed by atoms with van der Waals surface area (Å²) in [6.45, 7) is 0.706. The number of hydrogen-bond acceptors (Lipinski definition) is 3. The first-order chi connectivity index (χ1) is 9.41. The van der Waals surface area contributed by atoms with Gasteiger partial charge in [0.05, 0.1) is 16.1 Å². The zero-order valence-corrected chi connectivity index (χ0v) is 13.0. The van der Waals surface area contributed by atoms with E-state index in [1.807, 2.05) is 0 Å². The first-order valence-corrected chi connectivity index (χ1v) is 7.28. The van der Waals surface area contributed by atoms with Crippen molar-refractivity contribution in [1.82, 2.24) is 10.2 Å². The molecule has 2 N–H and O–H groups in total. The lowest BCUT2D eigenvalue weighted by molar-refractivity contribution is -0.131. The molecule has 0 aliphatic carbocycles. The van der Waals surface area contributed by atoms with Crippen LogP contribution in [0.25, 0.3) is 0 Å². The number of nitrogens with zero attached hydrogens (tertiary/aromatic N) is 1. The van der Waals surface area contributed by atoms with Gasteiger partial charge in [0, 0.05) is 19.7 Å². The normalized spacial score (nSPS) is 22.6. The maximum Gasteiger partial charge on any atom is 0.239 e. The molecular weight excluding hydrogens is 299 g/mol. The van der Waals surface area contributed by atoms with Crippen LogP contribution in [0, 0.1) is 0 Å². The fourth-order valence-corrected chi connectivity index (χ4v) is 3.10. The summed E-state index contributed by atoms with van der Waals surface area (Å²) in [5, 5.41) is 14.1. The van der Waals surface area contributed by atoms with Crippen LogP contribution in [0.3, 0.4) is 0 Å². The van der Waals surface area contributed by atoms with E-state index in [9.17, 15) is 9.90 Å². The predicted molar refractivity (Wildman–Crippen MR) is 80.6 cm³/mol. The molecule has 0 bridgehead atoms. The van der Waals surface area contributed by atoms with Gasteiger partial charge in [0.25, 0.3) is 0 Å². The van der Waals surface area contributed by atoms with E-state index in [0.29, 0.717) is 28.6 Å². The van der Waals surface area contributed by atoms with E-state index in [1.165, 1.54) is 0 Å². The minimum absolute atomic E-state index is 0.0244. The molecule has 1 aromatic carbocycles. The molecule has 1 amide bonds. The van der Waals surface area contributed by atoms with Crippen LogP contribution in [0.5, 0.6) is 5.75 Å². The molecule has 1 fully saturated rings. The van der Waals surface area contributed by atoms with E-state index < -0.39 is 0 Å². The number of phenolic OH excluding ortho intramolecular Hbond substituents is 1. The molecule has 110 valence electrons. The molecule has 1 saturated heterocycles. The van der Waals surface area contributed by atoms with Gasteiger partial charge >= 0.3 is 0 Å². The van der Waals surface area contributed by atoms with Gasteiger partial charge in [-0.25, -0.2) is 0 Å². The van der Waals surface area contributed by atoms with Gasteiger partial charge < -0.3 is 15.3 Å². The number of carbonyl (C=O) groups is 1. The number of hydrogen-bond donors (Lipinski definition) is 2. The summed E-state index contributed by atoms with van der Waals surface area (Å²) in [6.07, 6.45) is 1.41. The number of amides is 1. The van der Waals surface area contributed by atoms with Gasteiger partial charge in [-0.2, -0.15) is 0 Å². The van der Waals surface area contributed by atoms with Crippen molar-refractivity contribution >= 4 is 29.1 Å². The van der Waals surface area contributed by atoms with Crippen molar-refractivity contribution in [2.75, 3.05) is 20.6 Å². The molecule has 0 radical (unpaired) electrons. The van der Waals surface area contributed by atoms with Crippen molar-refractivity contribution in [2.24, 2.45) is 0 Å². The monoisotopic (exact) mass is 316 g/mol. The second kappa shape index (κ2) is 6.20. The van der Waals surface area contributed by atoms with Crippen LogP contribution >= 0.6 is 23.2 Å². The minimum Gasteiger partial charge on any atom is -0.508 e. The molecule has 1 aliphatic heterocycles. The number of halogens is 2. The summed E-state index contributed by atoms with van der Waals surface area (Å²) >= 11 is 12.2. The third-order valence-electron chi connectivity index (χ3n) is 3.66. The van der Waals surface area contributed by atoms with Crippen molar-refractivity contribution in [2.45, 2.75) is 24.8 Å². The molecule has 1 aromatic rings. The van der Waals surface area contributed by atoms with Gasteiger partial charge in [0.2, 0.25) is 5.91 Å². The molecule has 0 spiro atoms. The molecule has 1 unspecified atom stereocenters. The molecule has 0 saturated carbocycles. The van der Waals surface area contributed by atoms with Gasteiger partial charge in [0.1, 0.15) is 5.75 Å². The highest BCUT2D eigenvalue weighted by Crippen LogP contribution is 2.41. The molecule has 0 aromatic heterocycles. The Balaban J connectivity index is 2.26. The second-order valence-electron chi connectivity index (χ2n) is 5.25. The molecule has 6 heteroatoms. The zero-order chi connectivity index (χ0) is 14.9. The minimum atomic E-state index is -0.252. The summed E-state index contributed by atoms with van der Waals surface area (Å²) in [5.41, 5.74) is 0.650. The Labute approximate surface area is 128 Å². The number of benzene rings is 1. The van der Waals surface area contributed by atoms with Crippen molar-refractivity contribution < 1.29 is 9.90 Å². The molecule has 1 heterocycles. The molecule has 1 aliphatic rings. The predicted octanol–water partition coefficient (Wildman–Crippen LogP) is 2.62. The summed E-state index contributed by atoms with van der Waals surface area (Å²) in [6, 6.07) is 2.87. The topological polar surface area (TPSA) is 52.6 Å². The third-order valence-corrected chi connectivity index (χ3v) is 4.48. The maximum atomic E-state index is 12.1. The largest absolute Gasteiger partial charge is 0.508 e. The zero-order valence-electron chi connectivity index (χ0n) is 11.5. The van der Waals surface area contributed by atoms with E-state index in [2.05, 4.69) is 5.32 Å². The number of likely N-dealkylation sites (N-methyl/N-ethyl adjacent to an activating group) is 1. The lowest BCUT2D eigenvalue weighted by Crippen LogP contribution is -2.47. The second-order valence-corrected chi connectivity index (χ2v) is 6.04. The fourth-order valence-electron chi connectivity index (χ4n) is 2.62. The van der Waals surface area contributed by atoms with Crippen molar-refractivity contribution in [3.05, 3.63) is 27.7 Å². The standard InChI is InChI=1S/C14H18Cl2N2O2/c1-18(2)14(20)10-7-8(5-6-17-10)12-11(19)4-3-9(15)13(12)16/h3-4,8,10,17,19H,5-7H2,1-2H3/t8?,10-/m1/s1. The Hall–Kier alpha value is -0.970. The van der Waals surface area contributed by atoms with E-state index >= 15 is 0 Å². The van der Waals surface area contributed by atoms with Crippen molar-refractivity contribution in [3.63, 3.8) is 0 Å². The number of nitrogens with one attached hydrogen (secondary N) is 1. The molecule has 2 rings (SSSR count). The number of piperidine rings is 1. The number of carbonyl (C=O) groups excluding carboxylic acids is 1. The highest BCUT2D eigenvalue weighted by atomic mass is 35.5. The Morgan fingerprint density at radius 2 is 2.10 bits per heavy atom. The quantitative estimate of drug-likeness (QED) is 0.882. The summed E-state index contributed by atoms with van der Waals surface area (Å²) < 4.78 is 0. The SMILES string of the molecule is CN(C)C(=O)[C@H]1CC(c2c(O)ccc(Cl)c2Cl)CCN1. The molecule has 2 atom stereocenters. The van der Waals surface area contributed by atoms with Gasteiger partial charge in [-0.3, -0.25) is 4.79 Å². The van der Waals surface area contributed by atoms with Gasteiger partial charge in [-0.15, -0.1) is 0 Å². The fraction of sp³-hybridized carbons (Fsp3) is 0.500. The van der Waals surface area contributed by atoms with E-state index in [4.69, 9.17) is 23.2 Å². The molecule has 4 nitrogen and oxygen atoms in total. The highest BCUT2D eigenvalue weighted by molar-refractivity contribution is 6.42. The summed E-state index contributed by atoms with van der Waals surface area (Å²) in [4.78, 5) is 13.6. The van der Waals surface area contributed by atoms with Gasteiger partial charge in [-0.1, -0.05) is 23.2 Å². The van der Waals surface area contributed by atoms with Crippen molar-refractivity contribution in [1.29, 1.82) is 0 Å². The highest BCUT2D eigenvalue weighted by Gasteiger charge is 2.31. The van der Waals surface area contributed by atoms with Crippen LogP contribution in [0.2, 0.25) is 10.0 Å². The Bertz CT molecular complexity index is 520. The summed E-state index contributed by atoms with van der Waals surface area (Å²) in [5.74, 6) is 0.200. The third kappa shape index (κ3) is 3.03. The molecule has 20 heavy (non-hydrogen) atoms. The van der Waals surface area contributed by atoms with Crippen LogP contribution in [-0.4, -0.2) is 42.6 Å². The van der Waals surface area contributed by atoms with E-state index in [-0.39, 0.29) is 23.6 Å². The Kier molecular flexibility index (Phi) is 4.78. The number of rotatable bonds is 2. The molecular formula is C14H18Cl2N2O2. The Morgan fingerprint density at radius 1 is 1.40 bits per heavy atom. The van der Waals surface area contributed by atoms with Crippen LogP contribution in [0.15, 0.2) is 12.1 Å². The van der Waals surface area contributed by atoms with E-state index in [0.717, 1.165) is 6.42 Å². The maximum absolute atomic E-state index is 12.1. The van der Waals surface area contributed by atoms with Crippen LogP contribution in [0.4, 0.5) is 0 Å². The lowest BCUT2D eigenvalue weighted by Gasteiger charge is -2.32. The van der Waals surface area contributed by atoms with Crippen LogP contribution in [0.1, 0.15) is 24.3 Å². The van der Waals surface area contributed by atoms with Crippen molar-refractivity contribution in [3.8, 4) is 5.75 Å². The van der Waals surface area contributed by atoms with E-state index in [1.54, 1.807) is 31.1 Å². The summed E-state index contributed by atoms with van der Waals surface area (Å²) in [7, 11) is 3.47. The van der Waals surface area contributed by atoms with Crippen LogP contribution < -0.4 is 5.32 Å². The first kappa shape index (κ1) is 15.4. The van der Waals surface area contributed by atoms with Crippen LogP contribution in [-0.2, 0) is 4.79 Å². The number of aromatic hydroxyl groups is 1. The lowest BCUT2D eigenvalue weighted by atomic mass is 9.85. The number of phenols is 1. The average Bonchev–Trinajstić information content (AvgIpc) is 2.43. The smallest absolute Gasteiger partial charge is 0.239 e. The van der Waals surface area contributed by atoms with Gasteiger partial charge in [0.15, 0.2) is 0 Å². The van der Waals surface area contributed by atoms with Gasteiger partial charge in [-0.05, 0) is 37.4 Å².